The van der Waals surface area contributed by atoms with Gasteiger partial charge in [0.2, 0.25) is 5.91 Å². The summed E-state index contributed by atoms with van der Waals surface area (Å²) in [4.78, 5) is 31.1. The average molecular weight is 421 g/mol. The smallest absolute Gasteiger partial charge is 0.276 e. The number of fused-ring (bicyclic) bond motifs is 1. The standard InChI is InChI=1S/C18H17ClN4O4S/c1-26-13-6-7-14-15(8-13)21-18(20-14)28-10-17(25)23-22-16(24)9-27-12-4-2-11(19)3-5-12/h2-8H,9-10H2,1H3,(H,20,21)(H,22,24)(H,23,25). The van der Waals surface area contributed by atoms with Gasteiger partial charge < -0.3 is 14.5 Å². The van der Waals surface area contributed by atoms with Crippen molar-refractivity contribution >= 4 is 46.2 Å². The third kappa shape index (κ3) is 5.54. The van der Waals surface area contributed by atoms with Crippen LogP contribution in [-0.4, -0.2) is 41.3 Å². The van der Waals surface area contributed by atoms with Crippen molar-refractivity contribution < 1.29 is 19.1 Å². The molecule has 2 amide bonds. The minimum absolute atomic E-state index is 0.0786. The van der Waals surface area contributed by atoms with Crippen molar-refractivity contribution in [2.75, 3.05) is 19.5 Å². The lowest BCUT2D eigenvalue weighted by atomic mass is 10.3. The Bertz CT molecular complexity index is 977. The van der Waals surface area contributed by atoms with Gasteiger partial charge in [0, 0.05) is 11.1 Å². The van der Waals surface area contributed by atoms with Crippen molar-refractivity contribution in [3.05, 3.63) is 47.5 Å². The van der Waals surface area contributed by atoms with Gasteiger partial charge in [0.05, 0.1) is 23.9 Å². The number of ether oxygens (including phenoxy) is 2. The van der Waals surface area contributed by atoms with Crippen LogP contribution in [0.2, 0.25) is 5.02 Å². The first-order valence-corrected chi connectivity index (χ1v) is 9.52. The van der Waals surface area contributed by atoms with Gasteiger partial charge in [-0.05, 0) is 36.4 Å². The Kier molecular flexibility index (Phi) is 6.62. The second-order valence-electron chi connectivity index (χ2n) is 5.55. The summed E-state index contributed by atoms with van der Waals surface area (Å²) in [6.07, 6.45) is 0. The molecule has 0 radical (unpaired) electrons. The van der Waals surface area contributed by atoms with Crippen LogP contribution in [0.5, 0.6) is 11.5 Å². The Hall–Kier alpha value is -2.91. The molecule has 0 unspecified atom stereocenters. The van der Waals surface area contributed by atoms with E-state index in [1.807, 2.05) is 18.2 Å². The summed E-state index contributed by atoms with van der Waals surface area (Å²) in [6, 6.07) is 12.1. The number of H-pyrrole nitrogens is 1. The minimum Gasteiger partial charge on any atom is -0.497 e. The summed E-state index contributed by atoms with van der Waals surface area (Å²) in [5.41, 5.74) is 6.21. The maximum atomic E-state index is 11.9. The number of carbonyl (C=O) groups is 2. The van der Waals surface area contributed by atoms with Crippen LogP contribution >= 0.6 is 23.4 Å². The number of hydrogen-bond donors (Lipinski definition) is 3. The third-order valence-electron chi connectivity index (χ3n) is 3.53. The van der Waals surface area contributed by atoms with Crippen LogP contribution in [0.1, 0.15) is 0 Å². The highest BCUT2D eigenvalue weighted by atomic mass is 35.5. The van der Waals surface area contributed by atoms with Gasteiger partial charge in [0.25, 0.3) is 5.91 Å². The van der Waals surface area contributed by atoms with Gasteiger partial charge >= 0.3 is 0 Å². The Morgan fingerprint density at radius 1 is 1.11 bits per heavy atom. The number of thioether (sulfide) groups is 1. The lowest BCUT2D eigenvalue weighted by Crippen LogP contribution is -2.44. The van der Waals surface area contributed by atoms with Crippen LogP contribution in [-0.2, 0) is 9.59 Å². The lowest BCUT2D eigenvalue weighted by molar-refractivity contribution is -0.128. The molecule has 3 aromatic rings. The van der Waals surface area contributed by atoms with Crippen molar-refractivity contribution in [1.29, 1.82) is 0 Å². The summed E-state index contributed by atoms with van der Waals surface area (Å²) in [5.74, 6) is 0.443. The quantitative estimate of drug-likeness (QED) is 0.400. The number of imidazole rings is 1. The minimum atomic E-state index is -0.482. The topological polar surface area (TPSA) is 105 Å². The largest absolute Gasteiger partial charge is 0.497 e. The molecule has 1 heterocycles. The van der Waals surface area contributed by atoms with Crippen LogP contribution in [0.4, 0.5) is 0 Å². The van der Waals surface area contributed by atoms with E-state index in [4.69, 9.17) is 21.1 Å². The van der Waals surface area contributed by atoms with Crippen molar-refractivity contribution in [1.82, 2.24) is 20.8 Å². The number of halogens is 1. The zero-order valence-corrected chi connectivity index (χ0v) is 16.4. The highest BCUT2D eigenvalue weighted by molar-refractivity contribution is 7.99. The number of carbonyl (C=O) groups excluding carboxylic acids is 2. The molecule has 10 heteroatoms. The van der Waals surface area contributed by atoms with Crippen LogP contribution in [0.25, 0.3) is 11.0 Å². The van der Waals surface area contributed by atoms with Gasteiger partial charge in [-0.15, -0.1) is 0 Å². The summed E-state index contributed by atoms with van der Waals surface area (Å²) in [7, 11) is 1.59. The number of hydrazine groups is 1. The van der Waals surface area contributed by atoms with E-state index in [1.54, 1.807) is 31.4 Å². The van der Waals surface area contributed by atoms with Crippen molar-refractivity contribution in [2.24, 2.45) is 0 Å². The molecule has 0 fully saturated rings. The molecule has 8 nitrogen and oxygen atoms in total. The molecule has 0 saturated heterocycles. The van der Waals surface area contributed by atoms with Gasteiger partial charge in [0.15, 0.2) is 11.8 Å². The molecule has 0 aliphatic rings. The maximum Gasteiger partial charge on any atom is 0.276 e. The number of aromatic amines is 1. The molecule has 0 bridgehead atoms. The fourth-order valence-corrected chi connectivity index (χ4v) is 3.00. The summed E-state index contributed by atoms with van der Waals surface area (Å²) in [5, 5.41) is 1.17. The molecule has 3 N–H and O–H groups in total. The van der Waals surface area contributed by atoms with E-state index >= 15 is 0 Å². The van der Waals surface area contributed by atoms with Crippen LogP contribution in [0.15, 0.2) is 47.6 Å². The predicted molar refractivity (Wildman–Crippen MR) is 107 cm³/mol. The van der Waals surface area contributed by atoms with E-state index in [1.165, 1.54) is 11.8 Å². The fraction of sp³-hybridized carbons (Fsp3) is 0.167. The molecule has 2 aromatic carbocycles. The first-order chi connectivity index (χ1) is 13.5. The van der Waals surface area contributed by atoms with Gasteiger partial charge in [-0.3, -0.25) is 20.4 Å². The molecule has 0 aliphatic carbocycles. The van der Waals surface area contributed by atoms with Crippen molar-refractivity contribution in [2.45, 2.75) is 5.16 Å². The molecule has 0 saturated carbocycles. The second-order valence-corrected chi connectivity index (χ2v) is 6.95. The highest BCUT2D eigenvalue weighted by Crippen LogP contribution is 2.22. The van der Waals surface area contributed by atoms with E-state index in [9.17, 15) is 9.59 Å². The second kappa shape index (κ2) is 9.34. The van der Waals surface area contributed by atoms with Crippen LogP contribution in [0.3, 0.4) is 0 Å². The molecule has 3 rings (SSSR count). The van der Waals surface area contributed by atoms with Crippen molar-refractivity contribution in [3.63, 3.8) is 0 Å². The number of rotatable bonds is 7. The van der Waals surface area contributed by atoms with Gasteiger partial charge in [-0.1, -0.05) is 23.4 Å². The van der Waals surface area contributed by atoms with E-state index in [0.717, 1.165) is 11.0 Å². The van der Waals surface area contributed by atoms with Crippen molar-refractivity contribution in [3.8, 4) is 11.5 Å². The molecule has 28 heavy (non-hydrogen) atoms. The number of nitrogens with zero attached hydrogens (tertiary/aromatic N) is 1. The number of nitrogens with one attached hydrogen (secondary N) is 3. The molecule has 0 spiro atoms. The monoisotopic (exact) mass is 420 g/mol. The number of methoxy groups -OCH3 is 1. The highest BCUT2D eigenvalue weighted by Gasteiger charge is 2.09. The fourth-order valence-electron chi connectivity index (χ4n) is 2.19. The zero-order valence-electron chi connectivity index (χ0n) is 14.8. The van der Waals surface area contributed by atoms with Crippen LogP contribution < -0.4 is 20.3 Å². The van der Waals surface area contributed by atoms with E-state index in [0.29, 0.717) is 21.7 Å². The SMILES string of the molecule is COc1ccc2nc(SCC(=O)NNC(=O)COc3ccc(Cl)cc3)[nH]c2c1. The Morgan fingerprint density at radius 3 is 2.57 bits per heavy atom. The zero-order chi connectivity index (χ0) is 19.9. The average Bonchev–Trinajstić information content (AvgIpc) is 3.12. The summed E-state index contributed by atoms with van der Waals surface area (Å²) >= 11 is 6.99. The summed E-state index contributed by atoms with van der Waals surface area (Å²) < 4.78 is 10.4. The maximum absolute atomic E-state index is 11.9. The first kappa shape index (κ1) is 19.8. The Balaban J connectivity index is 1.40. The molecule has 1 aromatic heterocycles. The molecule has 146 valence electrons. The predicted octanol–water partition coefficient (Wildman–Crippen LogP) is 2.54. The Labute approximate surface area is 169 Å². The summed E-state index contributed by atoms with van der Waals surface area (Å²) in [6.45, 7) is -0.236. The molecule has 0 atom stereocenters. The number of benzene rings is 2. The number of hydrogen-bond acceptors (Lipinski definition) is 6. The molecular weight excluding hydrogens is 404 g/mol. The third-order valence-corrected chi connectivity index (χ3v) is 4.66. The van der Waals surface area contributed by atoms with E-state index in [2.05, 4.69) is 20.8 Å². The first-order valence-electron chi connectivity index (χ1n) is 8.16. The molecule has 0 aliphatic heterocycles. The number of amides is 2. The lowest BCUT2D eigenvalue weighted by Gasteiger charge is -2.08. The normalized spacial score (nSPS) is 10.5. The van der Waals surface area contributed by atoms with Crippen LogP contribution in [0, 0.1) is 0 Å². The van der Waals surface area contributed by atoms with E-state index < -0.39 is 5.91 Å². The number of aromatic nitrogens is 2. The van der Waals surface area contributed by atoms with Gasteiger partial charge in [-0.2, -0.15) is 0 Å². The molecular formula is C18H17ClN4O4S. The Morgan fingerprint density at radius 2 is 1.82 bits per heavy atom. The van der Waals surface area contributed by atoms with Gasteiger partial charge in [-0.25, -0.2) is 4.98 Å². The van der Waals surface area contributed by atoms with Gasteiger partial charge in [0.1, 0.15) is 11.5 Å². The van der Waals surface area contributed by atoms with E-state index in [-0.39, 0.29) is 18.3 Å².